The molecule has 0 spiro atoms. The Morgan fingerprint density at radius 2 is 1.81 bits per heavy atom. The zero-order valence-electron chi connectivity index (χ0n) is 9.06. The lowest BCUT2D eigenvalue weighted by molar-refractivity contribution is 0.155. The van der Waals surface area contributed by atoms with Gasteiger partial charge in [-0.3, -0.25) is 4.90 Å². The maximum atomic E-state index is 13.5. The molecule has 4 N–H and O–H groups in total. The second kappa shape index (κ2) is 6.42. The average Bonchev–Trinajstić information content (AvgIpc) is 2.24. The molecule has 1 rings (SSSR count). The third-order valence-corrected chi connectivity index (χ3v) is 2.37. The maximum absolute atomic E-state index is 13.5. The largest absolute Gasteiger partial charge is 0.398 e. The summed E-state index contributed by atoms with van der Waals surface area (Å²) in [5.74, 6) is -0.360. The van der Waals surface area contributed by atoms with E-state index >= 15 is 0 Å². The minimum atomic E-state index is -0.360. The third kappa shape index (κ3) is 3.44. The van der Waals surface area contributed by atoms with Crippen molar-refractivity contribution in [1.82, 2.24) is 4.90 Å². The van der Waals surface area contributed by atoms with Gasteiger partial charge in [-0.05, 0) is 12.1 Å². The van der Waals surface area contributed by atoms with Crippen LogP contribution in [0.4, 0.5) is 10.1 Å². The standard InChI is InChI=1S/C11H17FN2O2/c12-10-2-1-3-11(13)9(10)8-14(4-6-15)5-7-16/h1-3,15-16H,4-8,13H2. The summed E-state index contributed by atoms with van der Waals surface area (Å²) < 4.78 is 13.5. The molecule has 16 heavy (non-hydrogen) atoms. The van der Waals surface area contributed by atoms with Crippen molar-refractivity contribution in [2.75, 3.05) is 32.0 Å². The predicted octanol–water partition coefficient (Wildman–Crippen LogP) is 0.195. The smallest absolute Gasteiger partial charge is 0.129 e. The van der Waals surface area contributed by atoms with Crippen LogP contribution in [-0.2, 0) is 6.54 Å². The van der Waals surface area contributed by atoms with Gasteiger partial charge < -0.3 is 15.9 Å². The number of benzene rings is 1. The minimum Gasteiger partial charge on any atom is -0.398 e. The fourth-order valence-corrected chi connectivity index (χ4v) is 1.52. The van der Waals surface area contributed by atoms with Crippen molar-refractivity contribution in [2.24, 2.45) is 0 Å². The molecule has 90 valence electrons. The van der Waals surface area contributed by atoms with Crippen LogP contribution >= 0.6 is 0 Å². The van der Waals surface area contributed by atoms with E-state index in [4.69, 9.17) is 15.9 Å². The Hall–Kier alpha value is -1.17. The zero-order valence-corrected chi connectivity index (χ0v) is 9.06. The number of hydrogen-bond acceptors (Lipinski definition) is 4. The summed E-state index contributed by atoms with van der Waals surface area (Å²) in [5.41, 5.74) is 6.47. The second-order valence-corrected chi connectivity index (χ2v) is 3.53. The minimum absolute atomic E-state index is 0.0334. The molecule has 0 radical (unpaired) electrons. The number of aliphatic hydroxyl groups is 2. The molecule has 1 aromatic carbocycles. The first-order chi connectivity index (χ1) is 7.69. The SMILES string of the molecule is Nc1cccc(F)c1CN(CCO)CCO. The van der Waals surface area contributed by atoms with Crippen LogP contribution < -0.4 is 5.73 Å². The van der Waals surface area contributed by atoms with Gasteiger partial charge in [0.1, 0.15) is 5.82 Å². The van der Waals surface area contributed by atoms with E-state index in [2.05, 4.69) is 0 Å². The molecular weight excluding hydrogens is 211 g/mol. The van der Waals surface area contributed by atoms with Crippen LogP contribution in [0.25, 0.3) is 0 Å². The monoisotopic (exact) mass is 228 g/mol. The van der Waals surface area contributed by atoms with Crippen LogP contribution in [0.3, 0.4) is 0 Å². The topological polar surface area (TPSA) is 69.7 Å². The van der Waals surface area contributed by atoms with Crippen LogP contribution in [0, 0.1) is 5.82 Å². The molecule has 0 aliphatic carbocycles. The van der Waals surface area contributed by atoms with Crippen molar-refractivity contribution < 1.29 is 14.6 Å². The van der Waals surface area contributed by atoms with Crippen LogP contribution in [0.1, 0.15) is 5.56 Å². The summed E-state index contributed by atoms with van der Waals surface area (Å²) in [6.45, 7) is 0.991. The van der Waals surface area contributed by atoms with E-state index in [0.29, 0.717) is 30.9 Å². The quantitative estimate of drug-likeness (QED) is 0.608. The lowest BCUT2D eigenvalue weighted by Gasteiger charge is -2.21. The molecule has 0 atom stereocenters. The van der Waals surface area contributed by atoms with Crippen molar-refractivity contribution in [3.8, 4) is 0 Å². The number of rotatable bonds is 6. The molecule has 1 aromatic rings. The highest BCUT2D eigenvalue weighted by molar-refractivity contribution is 5.47. The highest BCUT2D eigenvalue weighted by Crippen LogP contribution is 2.17. The number of halogens is 1. The zero-order chi connectivity index (χ0) is 12.0. The Bertz CT molecular complexity index is 308. The van der Waals surface area contributed by atoms with Gasteiger partial charge in [-0.2, -0.15) is 0 Å². The number of anilines is 1. The summed E-state index contributed by atoms with van der Waals surface area (Å²) >= 11 is 0. The molecule has 0 aliphatic heterocycles. The Labute approximate surface area is 94.1 Å². The first-order valence-corrected chi connectivity index (χ1v) is 5.16. The van der Waals surface area contributed by atoms with E-state index in [1.165, 1.54) is 6.07 Å². The summed E-state index contributed by atoms with van der Waals surface area (Å²) in [5, 5.41) is 17.7. The van der Waals surface area contributed by atoms with Crippen LogP contribution in [0.5, 0.6) is 0 Å². The fraction of sp³-hybridized carbons (Fsp3) is 0.455. The van der Waals surface area contributed by atoms with Crippen LogP contribution in [0.2, 0.25) is 0 Å². The molecule has 0 fully saturated rings. The van der Waals surface area contributed by atoms with E-state index in [-0.39, 0.29) is 19.0 Å². The van der Waals surface area contributed by atoms with Crippen molar-refractivity contribution in [3.05, 3.63) is 29.6 Å². The molecule has 0 aromatic heterocycles. The van der Waals surface area contributed by atoms with Crippen molar-refractivity contribution in [3.63, 3.8) is 0 Å². The summed E-state index contributed by atoms with van der Waals surface area (Å²) in [6.07, 6.45) is 0. The first-order valence-electron chi connectivity index (χ1n) is 5.16. The van der Waals surface area contributed by atoms with Crippen LogP contribution in [0.15, 0.2) is 18.2 Å². The van der Waals surface area contributed by atoms with Crippen LogP contribution in [-0.4, -0.2) is 41.4 Å². The molecule has 0 amide bonds. The van der Waals surface area contributed by atoms with E-state index in [0.717, 1.165) is 0 Å². The molecule has 0 saturated carbocycles. The molecule has 0 heterocycles. The average molecular weight is 228 g/mol. The van der Waals surface area contributed by atoms with Gasteiger partial charge in [-0.1, -0.05) is 6.07 Å². The van der Waals surface area contributed by atoms with E-state index in [9.17, 15) is 4.39 Å². The number of hydrogen-bond donors (Lipinski definition) is 3. The number of aliphatic hydroxyl groups excluding tert-OH is 2. The van der Waals surface area contributed by atoms with Gasteiger partial charge in [0.25, 0.3) is 0 Å². The fourth-order valence-electron chi connectivity index (χ4n) is 1.52. The molecule has 0 saturated heterocycles. The van der Waals surface area contributed by atoms with Crippen molar-refractivity contribution in [2.45, 2.75) is 6.54 Å². The molecular formula is C11H17FN2O2. The lowest BCUT2D eigenvalue weighted by Crippen LogP contribution is -2.30. The number of nitrogen functional groups attached to an aromatic ring is 1. The van der Waals surface area contributed by atoms with Crippen molar-refractivity contribution >= 4 is 5.69 Å². The Kier molecular flexibility index (Phi) is 5.18. The maximum Gasteiger partial charge on any atom is 0.129 e. The van der Waals surface area contributed by atoms with E-state index in [1.54, 1.807) is 17.0 Å². The van der Waals surface area contributed by atoms with E-state index in [1.807, 2.05) is 0 Å². The lowest BCUT2D eigenvalue weighted by atomic mass is 10.1. The first kappa shape index (κ1) is 12.9. The van der Waals surface area contributed by atoms with E-state index < -0.39 is 0 Å². The summed E-state index contributed by atoms with van der Waals surface area (Å²) in [7, 11) is 0. The van der Waals surface area contributed by atoms with Gasteiger partial charge in [0.15, 0.2) is 0 Å². The van der Waals surface area contributed by atoms with Crippen molar-refractivity contribution in [1.29, 1.82) is 0 Å². The second-order valence-electron chi connectivity index (χ2n) is 3.53. The number of nitrogens with zero attached hydrogens (tertiary/aromatic N) is 1. The van der Waals surface area contributed by atoms with Gasteiger partial charge in [-0.25, -0.2) is 4.39 Å². The van der Waals surface area contributed by atoms with Gasteiger partial charge in [0.2, 0.25) is 0 Å². The summed E-state index contributed by atoms with van der Waals surface area (Å²) in [6, 6.07) is 4.53. The molecule has 4 nitrogen and oxygen atoms in total. The Morgan fingerprint density at radius 3 is 2.31 bits per heavy atom. The molecule has 0 unspecified atom stereocenters. The third-order valence-electron chi connectivity index (χ3n) is 2.37. The summed E-state index contributed by atoms with van der Waals surface area (Å²) in [4.78, 5) is 1.74. The predicted molar refractivity (Wildman–Crippen MR) is 60.3 cm³/mol. The molecule has 0 bridgehead atoms. The normalized spacial score (nSPS) is 11.0. The Morgan fingerprint density at radius 1 is 1.19 bits per heavy atom. The Balaban J connectivity index is 2.76. The highest BCUT2D eigenvalue weighted by Gasteiger charge is 2.11. The molecule has 5 heteroatoms. The molecule has 0 aliphatic rings. The van der Waals surface area contributed by atoms with Gasteiger partial charge in [-0.15, -0.1) is 0 Å². The van der Waals surface area contributed by atoms with Gasteiger partial charge >= 0.3 is 0 Å². The highest BCUT2D eigenvalue weighted by atomic mass is 19.1. The van der Waals surface area contributed by atoms with Gasteiger partial charge in [0.05, 0.1) is 13.2 Å². The van der Waals surface area contributed by atoms with Gasteiger partial charge in [0, 0.05) is 30.9 Å². The number of nitrogens with two attached hydrogens (primary N) is 1.